The Kier molecular flexibility index (Phi) is 3.99. The van der Waals surface area contributed by atoms with E-state index in [0.29, 0.717) is 16.8 Å². The van der Waals surface area contributed by atoms with Crippen LogP contribution in [0.15, 0.2) is 37.1 Å². The van der Waals surface area contributed by atoms with Crippen molar-refractivity contribution in [2.24, 2.45) is 0 Å². The molecule has 0 aromatic heterocycles. The molecule has 0 aliphatic rings. The molecule has 0 bridgehead atoms. The normalized spacial score (nSPS) is 11.8. The van der Waals surface area contributed by atoms with Crippen LogP contribution in [0.1, 0.15) is 23.6 Å². The lowest BCUT2D eigenvalue weighted by Gasteiger charge is -2.12. The van der Waals surface area contributed by atoms with Gasteiger partial charge in [-0.15, -0.1) is 0 Å². The van der Waals surface area contributed by atoms with Crippen molar-refractivity contribution in [3.8, 4) is 0 Å². The van der Waals surface area contributed by atoms with Crippen molar-refractivity contribution in [2.45, 2.75) is 20.0 Å². The minimum absolute atomic E-state index is 0.440. The van der Waals surface area contributed by atoms with Gasteiger partial charge in [-0.3, -0.25) is 0 Å². The average molecular weight is 241 g/mol. The molecule has 1 nitrogen and oxygen atoms in total. The van der Waals surface area contributed by atoms with Gasteiger partial charge in [-0.05, 0) is 49.4 Å². The van der Waals surface area contributed by atoms with E-state index in [1.54, 1.807) is 32.2 Å². The van der Waals surface area contributed by atoms with E-state index in [-0.39, 0.29) is 0 Å². The smallest absolute Gasteiger partial charge is 0.362 e. The molecule has 4 heteroatoms. The monoisotopic (exact) mass is 241 g/mol. The summed E-state index contributed by atoms with van der Waals surface area (Å²) in [5.41, 5.74) is 0.780. The fraction of sp³-hybridized carbons (Fsp3) is 0.231. The molecule has 0 saturated carbocycles. The molecule has 0 spiro atoms. The molecule has 1 rings (SSSR count). The first-order valence-corrected chi connectivity index (χ1v) is 5.10. The van der Waals surface area contributed by atoms with Crippen LogP contribution in [0.5, 0.6) is 0 Å². The van der Waals surface area contributed by atoms with E-state index < -0.39 is 11.7 Å². The highest BCUT2D eigenvalue weighted by Gasteiger charge is 2.30. The van der Waals surface area contributed by atoms with E-state index in [9.17, 15) is 13.2 Å². The van der Waals surface area contributed by atoms with Crippen LogP contribution in [0.3, 0.4) is 0 Å². The van der Waals surface area contributed by atoms with Gasteiger partial charge >= 0.3 is 6.18 Å². The Balaban J connectivity index is 3.09. The summed E-state index contributed by atoms with van der Waals surface area (Å²) in [6, 6.07) is 3.87. The van der Waals surface area contributed by atoms with Crippen molar-refractivity contribution in [3.63, 3.8) is 0 Å². The van der Waals surface area contributed by atoms with Gasteiger partial charge in [0.15, 0.2) is 0 Å². The maximum absolute atomic E-state index is 12.6. The fourth-order valence-electron chi connectivity index (χ4n) is 1.39. The van der Waals surface area contributed by atoms with Crippen LogP contribution in [-0.2, 0) is 6.18 Å². The Bertz CT molecular complexity index is 444. The van der Waals surface area contributed by atoms with Crippen LogP contribution in [-0.4, -0.2) is 0 Å². The zero-order valence-electron chi connectivity index (χ0n) is 9.73. The van der Waals surface area contributed by atoms with Crippen LogP contribution in [0, 0.1) is 6.92 Å². The maximum atomic E-state index is 12.6. The number of hydrogen-bond acceptors (Lipinski definition) is 1. The molecule has 92 valence electrons. The highest BCUT2D eigenvalue weighted by atomic mass is 19.4. The van der Waals surface area contributed by atoms with Crippen LogP contribution >= 0.6 is 0 Å². The summed E-state index contributed by atoms with van der Waals surface area (Å²) in [6.07, 6.45) is -0.967. The topological polar surface area (TPSA) is 12.0 Å². The first kappa shape index (κ1) is 13.4. The quantitative estimate of drug-likeness (QED) is 0.839. The van der Waals surface area contributed by atoms with Crippen LogP contribution in [0.2, 0.25) is 0 Å². The predicted octanol–water partition coefficient (Wildman–Crippen LogP) is 4.11. The van der Waals surface area contributed by atoms with Gasteiger partial charge in [0.05, 0.1) is 5.56 Å². The van der Waals surface area contributed by atoms with Crippen LogP contribution in [0.4, 0.5) is 13.2 Å². The summed E-state index contributed by atoms with van der Waals surface area (Å²) in [7, 11) is 0. The van der Waals surface area contributed by atoms with Gasteiger partial charge in [0, 0.05) is 5.70 Å². The third-order valence-corrected chi connectivity index (χ3v) is 2.18. The molecule has 0 fully saturated rings. The Morgan fingerprint density at radius 1 is 1.29 bits per heavy atom. The van der Waals surface area contributed by atoms with E-state index in [0.717, 1.165) is 12.1 Å². The van der Waals surface area contributed by atoms with Crippen LogP contribution < -0.4 is 5.32 Å². The maximum Gasteiger partial charge on any atom is 0.416 e. The van der Waals surface area contributed by atoms with Crippen molar-refractivity contribution in [1.29, 1.82) is 0 Å². The van der Waals surface area contributed by atoms with Crippen LogP contribution in [0.25, 0.3) is 5.70 Å². The second kappa shape index (κ2) is 5.08. The molecule has 1 aromatic carbocycles. The largest absolute Gasteiger partial charge is 0.416 e. The molecule has 0 atom stereocenters. The van der Waals surface area contributed by atoms with Gasteiger partial charge in [-0.25, -0.2) is 0 Å². The van der Waals surface area contributed by atoms with Crippen molar-refractivity contribution >= 4 is 5.70 Å². The molecule has 17 heavy (non-hydrogen) atoms. The van der Waals surface area contributed by atoms with E-state index in [4.69, 9.17) is 0 Å². The zero-order chi connectivity index (χ0) is 13.1. The van der Waals surface area contributed by atoms with Gasteiger partial charge in [0.2, 0.25) is 0 Å². The summed E-state index contributed by atoms with van der Waals surface area (Å²) in [6.45, 7) is 7.13. The highest BCUT2D eigenvalue weighted by Crippen LogP contribution is 2.31. The Morgan fingerprint density at radius 2 is 1.94 bits per heavy atom. The van der Waals surface area contributed by atoms with E-state index in [1.165, 1.54) is 0 Å². The number of alkyl halides is 3. The fourth-order valence-corrected chi connectivity index (χ4v) is 1.39. The number of halogens is 3. The summed E-state index contributed by atoms with van der Waals surface area (Å²) in [4.78, 5) is 0. The molecule has 1 N–H and O–H groups in total. The summed E-state index contributed by atoms with van der Waals surface area (Å²) in [5.74, 6) is 0. The number of rotatable bonds is 3. The van der Waals surface area contributed by atoms with E-state index in [2.05, 4.69) is 11.9 Å². The second-order valence-corrected chi connectivity index (χ2v) is 3.71. The number of hydrogen-bond donors (Lipinski definition) is 1. The molecular formula is C13H14F3N. The first-order chi connectivity index (χ1) is 7.84. The molecule has 0 aliphatic heterocycles. The Hall–Kier alpha value is -1.71. The molecule has 0 heterocycles. The summed E-state index contributed by atoms with van der Waals surface area (Å²) in [5, 5.41) is 2.81. The van der Waals surface area contributed by atoms with Crippen molar-refractivity contribution in [3.05, 3.63) is 53.7 Å². The molecular weight excluding hydrogens is 227 g/mol. The van der Waals surface area contributed by atoms with Gasteiger partial charge in [-0.2, -0.15) is 13.2 Å². The number of nitrogens with one attached hydrogen (secondary N) is 1. The average Bonchev–Trinajstić information content (AvgIpc) is 2.23. The molecule has 0 amide bonds. The third kappa shape index (κ3) is 3.66. The lowest BCUT2D eigenvalue weighted by molar-refractivity contribution is -0.137. The van der Waals surface area contributed by atoms with Gasteiger partial charge in [0.25, 0.3) is 0 Å². The Morgan fingerprint density at radius 3 is 2.47 bits per heavy atom. The SMILES string of the molecule is C=C(N/C=C\C)c1cc(C)cc(C(F)(F)F)c1. The van der Waals surface area contributed by atoms with Gasteiger partial charge in [0.1, 0.15) is 0 Å². The standard InChI is InChI=1S/C13H14F3N/c1-4-5-17-10(3)11-6-9(2)7-12(8-11)13(14,15)16/h4-8,17H,3H2,1-2H3/b5-4-. The Labute approximate surface area is 98.7 Å². The second-order valence-electron chi connectivity index (χ2n) is 3.71. The first-order valence-electron chi connectivity index (χ1n) is 5.10. The lowest BCUT2D eigenvalue weighted by atomic mass is 10.0. The van der Waals surface area contributed by atoms with Crippen molar-refractivity contribution in [1.82, 2.24) is 5.32 Å². The summed E-state index contributed by atoms with van der Waals surface area (Å²) < 4.78 is 37.8. The summed E-state index contributed by atoms with van der Waals surface area (Å²) >= 11 is 0. The van der Waals surface area contributed by atoms with E-state index >= 15 is 0 Å². The molecule has 0 unspecified atom stereocenters. The minimum Gasteiger partial charge on any atom is -0.362 e. The predicted molar refractivity (Wildman–Crippen MR) is 63.2 cm³/mol. The third-order valence-electron chi connectivity index (χ3n) is 2.18. The molecule has 0 aliphatic carbocycles. The molecule has 1 aromatic rings. The van der Waals surface area contributed by atoms with Gasteiger partial charge in [-0.1, -0.05) is 12.7 Å². The number of aryl methyl sites for hydroxylation is 1. The van der Waals surface area contributed by atoms with Crippen molar-refractivity contribution < 1.29 is 13.2 Å². The number of allylic oxidation sites excluding steroid dienone is 1. The zero-order valence-corrected chi connectivity index (χ0v) is 9.73. The molecule has 0 saturated heterocycles. The van der Waals surface area contributed by atoms with E-state index in [1.807, 2.05) is 0 Å². The van der Waals surface area contributed by atoms with Gasteiger partial charge < -0.3 is 5.32 Å². The highest BCUT2D eigenvalue weighted by molar-refractivity contribution is 5.64. The molecule has 0 radical (unpaired) electrons. The lowest BCUT2D eigenvalue weighted by Crippen LogP contribution is -2.08. The van der Waals surface area contributed by atoms with Crippen molar-refractivity contribution in [2.75, 3.05) is 0 Å². The minimum atomic E-state index is -4.33. The number of benzene rings is 1.